The van der Waals surface area contributed by atoms with Crippen molar-refractivity contribution in [2.75, 3.05) is 13.2 Å². The van der Waals surface area contributed by atoms with Gasteiger partial charge in [-0.05, 0) is 37.0 Å². The van der Waals surface area contributed by atoms with Gasteiger partial charge in [0.15, 0.2) is 0 Å². The fraction of sp³-hybridized carbons (Fsp3) is 0.533. The summed E-state index contributed by atoms with van der Waals surface area (Å²) >= 11 is 0. The molecule has 4 heteroatoms. The van der Waals surface area contributed by atoms with Crippen LogP contribution < -0.4 is 10.5 Å². The third kappa shape index (κ3) is 5.75. The molecule has 1 unspecified atom stereocenters. The molecule has 0 aliphatic carbocycles. The van der Waals surface area contributed by atoms with Gasteiger partial charge in [0.25, 0.3) is 0 Å². The molecule has 0 aliphatic rings. The molecule has 0 amide bonds. The molecule has 1 atom stereocenters. The van der Waals surface area contributed by atoms with Crippen LogP contribution in [0.2, 0.25) is 0 Å². The van der Waals surface area contributed by atoms with Crippen molar-refractivity contribution < 1.29 is 14.3 Å². The summed E-state index contributed by atoms with van der Waals surface area (Å²) in [5.74, 6) is 0.974. The van der Waals surface area contributed by atoms with E-state index in [2.05, 4.69) is 13.8 Å². The lowest BCUT2D eigenvalue weighted by Gasteiger charge is -2.12. The van der Waals surface area contributed by atoms with E-state index in [0.29, 0.717) is 25.6 Å². The van der Waals surface area contributed by atoms with Crippen LogP contribution in [-0.2, 0) is 16.0 Å². The second-order valence-electron chi connectivity index (χ2n) is 4.91. The molecule has 0 aliphatic heterocycles. The smallest absolute Gasteiger partial charge is 0.323 e. The lowest BCUT2D eigenvalue weighted by molar-refractivity contribution is -0.144. The van der Waals surface area contributed by atoms with Gasteiger partial charge in [-0.2, -0.15) is 0 Å². The van der Waals surface area contributed by atoms with Gasteiger partial charge in [-0.1, -0.05) is 26.0 Å². The number of nitrogens with two attached hydrogens (primary N) is 1. The van der Waals surface area contributed by atoms with Crippen LogP contribution >= 0.6 is 0 Å². The lowest BCUT2D eigenvalue weighted by Crippen LogP contribution is -2.34. The zero-order valence-electron chi connectivity index (χ0n) is 11.9. The second-order valence-corrected chi connectivity index (χ2v) is 4.91. The van der Waals surface area contributed by atoms with Gasteiger partial charge < -0.3 is 15.2 Å². The minimum Gasteiger partial charge on any atom is -0.493 e. The van der Waals surface area contributed by atoms with Gasteiger partial charge in [0.2, 0.25) is 0 Å². The maximum absolute atomic E-state index is 11.4. The van der Waals surface area contributed by atoms with Crippen molar-refractivity contribution in [3.8, 4) is 5.75 Å². The minimum atomic E-state index is -0.609. The normalized spacial score (nSPS) is 12.3. The van der Waals surface area contributed by atoms with Crippen molar-refractivity contribution in [1.29, 1.82) is 0 Å². The number of benzene rings is 1. The highest BCUT2D eigenvalue weighted by Crippen LogP contribution is 2.14. The molecule has 0 saturated carbocycles. The summed E-state index contributed by atoms with van der Waals surface area (Å²) in [6.45, 7) is 7.03. The average molecular weight is 265 g/mol. The highest BCUT2D eigenvalue weighted by molar-refractivity contribution is 5.75. The Morgan fingerprint density at radius 3 is 2.42 bits per heavy atom. The Morgan fingerprint density at radius 1 is 1.26 bits per heavy atom. The number of carbonyl (C=O) groups is 1. The summed E-state index contributed by atoms with van der Waals surface area (Å²) in [7, 11) is 0. The van der Waals surface area contributed by atoms with Crippen LogP contribution in [-0.4, -0.2) is 25.2 Å². The number of hydrogen-bond donors (Lipinski definition) is 1. The van der Waals surface area contributed by atoms with E-state index in [1.165, 1.54) is 0 Å². The molecule has 1 aromatic rings. The van der Waals surface area contributed by atoms with E-state index in [1.54, 1.807) is 6.92 Å². The van der Waals surface area contributed by atoms with Gasteiger partial charge in [-0.3, -0.25) is 4.79 Å². The topological polar surface area (TPSA) is 61.5 Å². The summed E-state index contributed by atoms with van der Waals surface area (Å²) in [6, 6.07) is 7.04. The lowest BCUT2D eigenvalue weighted by atomic mass is 10.1. The molecule has 0 bridgehead atoms. The Kier molecular flexibility index (Phi) is 6.36. The molecule has 0 heterocycles. The molecule has 4 nitrogen and oxygen atoms in total. The van der Waals surface area contributed by atoms with Gasteiger partial charge in [0.1, 0.15) is 11.8 Å². The molecule has 2 N–H and O–H groups in total. The maximum Gasteiger partial charge on any atom is 0.323 e. The monoisotopic (exact) mass is 265 g/mol. The molecular weight excluding hydrogens is 242 g/mol. The van der Waals surface area contributed by atoms with Crippen molar-refractivity contribution in [3.63, 3.8) is 0 Å². The minimum absolute atomic E-state index is 0.356. The zero-order chi connectivity index (χ0) is 14.3. The molecule has 0 radical (unpaired) electrons. The fourth-order valence-corrected chi connectivity index (χ4v) is 1.57. The Hall–Kier alpha value is -1.55. The highest BCUT2D eigenvalue weighted by atomic mass is 16.5. The number of ether oxygens (including phenoxy) is 2. The standard InChI is InChI=1S/C15H23NO3/c1-4-18-15(17)14(16)9-12-5-7-13(8-6-12)19-10-11(2)3/h5-8,11,14H,4,9-10,16H2,1-3H3. The van der Waals surface area contributed by atoms with E-state index < -0.39 is 6.04 Å². The van der Waals surface area contributed by atoms with Crippen molar-refractivity contribution in [3.05, 3.63) is 29.8 Å². The Morgan fingerprint density at radius 2 is 1.89 bits per heavy atom. The molecule has 19 heavy (non-hydrogen) atoms. The number of hydrogen-bond acceptors (Lipinski definition) is 4. The van der Waals surface area contributed by atoms with E-state index >= 15 is 0 Å². The predicted molar refractivity (Wildman–Crippen MR) is 75.1 cm³/mol. The first-order valence-corrected chi connectivity index (χ1v) is 6.66. The molecule has 106 valence electrons. The first kappa shape index (κ1) is 15.5. The van der Waals surface area contributed by atoms with E-state index in [1.807, 2.05) is 24.3 Å². The van der Waals surface area contributed by atoms with Crippen molar-refractivity contribution >= 4 is 5.97 Å². The van der Waals surface area contributed by atoms with Crippen LogP contribution in [0.25, 0.3) is 0 Å². The quantitative estimate of drug-likeness (QED) is 0.767. The van der Waals surface area contributed by atoms with Gasteiger partial charge in [0, 0.05) is 0 Å². The number of carbonyl (C=O) groups excluding carboxylic acids is 1. The number of esters is 1. The van der Waals surface area contributed by atoms with Crippen LogP contribution in [0.4, 0.5) is 0 Å². The first-order valence-electron chi connectivity index (χ1n) is 6.66. The second kappa shape index (κ2) is 7.79. The summed E-state index contributed by atoms with van der Waals surface area (Å²) in [5, 5.41) is 0. The molecule has 0 saturated heterocycles. The van der Waals surface area contributed by atoms with E-state index in [-0.39, 0.29) is 5.97 Å². The summed E-state index contributed by atoms with van der Waals surface area (Å²) in [6.07, 6.45) is 0.475. The summed E-state index contributed by atoms with van der Waals surface area (Å²) < 4.78 is 10.5. The molecular formula is C15H23NO3. The molecule has 0 aromatic heterocycles. The van der Waals surface area contributed by atoms with Gasteiger partial charge in [-0.25, -0.2) is 0 Å². The third-order valence-electron chi connectivity index (χ3n) is 2.55. The van der Waals surface area contributed by atoms with Crippen molar-refractivity contribution in [1.82, 2.24) is 0 Å². The van der Waals surface area contributed by atoms with Crippen molar-refractivity contribution in [2.45, 2.75) is 33.2 Å². The first-order chi connectivity index (χ1) is 9.02. The summed E-state index contributed by atoms with van der Waals surface area (Å²) in [4.78, 5) is 11.4. The van der Waals surface area contributed by atoms with E-state index in [4.69, 9.17) is 15.2 Å². The fourth-order valence-electron chi connectivity index (χ4n) is 1.57. The maximum atomic E-state index is 11.4. The molecule has 0 fully saturated rings. The van der Waals surface area contributed by atoms with Crippen LogP contribution in [0.1, 0.15) is 26.3 Å². The van der Waals surface area contributed by atoms with Crippen LogP contribution in [0, 0.1) is 5.92 Å². The Labute approximate surface area is 114 Å². The Bertz CT molecular complexity index is 387. The van der Waals surface area contributed by atoms with E-state index in [9.17, 15) is 4.79 Å². The SMILES string of the molecule is CCOC(=O)C(N)Cc1ccc(OCC(C)C)cc1. The van der Waals surface area contributed by atoms with Crippen molar-refractivity contribution in [2.24, 2.45) is 11.7 Å². The average Bonchev–Trinajstić information content (AvgIpc) is 2.38. The molecule has 1 aromatic carbocycles. The number of rotatable bonds is 7. The van der Waals surface area contributed by atoms with Gasteiger partial charge >= 0.3 is 5.97 Å². The summed E-state index contributed by atoms with van der Waals surface area (Å²) in [5.41, 5.74) is 6.76. The van der Waals surface area contributed by atoms with Crippen LogP contribution in [0.3, 0.4) is 0 Å². The largest absolute Gasteiger partial charge is 0.493 e. The highest BCUT2D eigenvalue weighted by Gasteiger charge is 2.14. The van der Waals surface area contributed by atoms with Gasteiger partial charge in [0.05, 0.1) is 13.2 Å². The zero-order valence-corrected chi connectivity index (χ0v) is 11.9. The van der Waals surface area contributed by atoms with E-state index in [0.717, 1.165) is 11.3 Å². The molecule has 0 spiro atoms. The third-order valence-corrected chi connectivity index (χ3v) is 2.55. The van der Waals surface area contributed by atoms with Crippen LogP contribution in [0.15, 0.2) is 24.3 Å². The molecule has 1 rings (SSSR count). The predicted octanol–water partition coefficient (Wildman–Crippen LogP) is 2.15. The Balaban J connectivity index is 2.49. The van der Waals surface area contributed by atoms with Gasteiger partial charge in [-0.15, -0.1) is 0 Å². The van der Waals surface area contributed by atoms with Crippen LogP contribution in [0.5, 0.6) is 5.75 Å².